The molecule has 0 radical (unpaired) electrons. The fourth-order valence-electron chi connectivity index (χ4n) is 3.07. The summed E-state index contributed by atoms with van der Waals surface area (Å²) >= 11 is 0. The summed E-state index contributed by atoms with van der Waals surface area (Å²) in [5.41, 5.74) is 1.12. The van der Waals surface area contributed by atoms with Crippen LogP contribution in [0, 0.1) is 0 Å². The van der Waals surface area contributed by atoms with Gasteiger partial charge in [0.2, 0.25) is 0 Å². The third kappa shape index (κ3) is 4.58. The van der Waals surface area contributed by atoms with Crippen molar-refractivity contribution >= 4 is 27.5 Å². The molecular formula is C19H24N4O5S. The molecule has 9 nitrogen and oxygen atoms in total. The molecule has 0 saturated carbocycles. The van der Waals surface area contributed by atoms with E-state index in [2.05, 4.69) is 15.7 Å². The first-order valence-electron chi connectivity index (χ1n) is 9.04. The van der Waals surface area contributed by atoms with Crippen LogP contribution in [0.4, 0.5) is 5.82 Å². The number of methoxy groups -OCH3 is 1. The van der Waals surface area contributed by atoms with E-state index < -0.39 is 27.2 Å². The highest BCUT2D eigenvalue weighted by molar-refractivity contribution is 7.90. The molecule has 29 heavy (non-hydrogen) atoms. The van der Waals surface area contributed by atoms with Crippen LogP contribution in [-0.4, -0.2) is 37.1 Å². The fraction of sp³-hybridized carbons (Fsp3) is 0.421. The first kappa shape index (κ1) is 20.8. The maximum Gasteiger partial charge on any atom is 0.314 e. The number of amides is 2. The van der Waals surface area contributed by atoms with Gasteiger partial charge in [0.15, 0.2) is 9.84 Å². The van der Waals surface area contributed by atoms with Crippen molar-refractivity contribution in [3.63, 3.8) is 0 Å². The predicted octanol–water partition coefficient (Wildman–Crippen LogP) is 1.33. The standard InChI is InChI=1S/C19H24N4O5S/c1-19(2,3)23-16(14-10-29(26,27)11-15(14)22-23)21-18(25)17(24)20-9-12-6-5-7-13(8-12)28-4/h5-8H,9-11H2,1-4H3,(H,20,24)(H,21,25). The van der Waals surface area contributed by atoms with Crippen molar-refractivity contribution in [3.8, 4) is 5.75 Å². The van der Waals surface area contributed by atoms with Gasteiger partial charge >= 0.3 is 11.8 Å². The van der Waals surface area contributed by atoms with Crippen LogP contribution in [0.5, 0.6) is 5.75 Å². The van der Waals surface area contributed by atoms with E-state index in [-0.39, 0.29) is 23.9 Å². The van der Waals surface area contributed by atoms with Crippen LogP contribution in [0.1, 0.15) is 37.6 Å². The zero-order chi connectivity index (χ0) is 21.4. The summed E-state index contributed by atoms with van der Waals surface area (Å²) in [7, 11) is -1.75. The second-order valence-corrected chi connectivity index (χ2v) is 9.94. The predicted molar refractivity (Wildman–Crippen MR) is 107 cm³/mol. The summed E-state index contributed by atoms with van der Waals surface area (Å²) in [4.78, 5) is 24.7. The lowest BCUT2D eigenvalue weighted by Crippen LogP contribution is -2.37. The third-order valence-electron chi connectivity index (χ3n) is 4.45. The zero-order valence-electron chi connectivity index (χ0n) is 16.8. The molecule has 1 aliphatic heterocycles. The quantitative estimate of drug-likeness (QED) is 0.720. The second kappa shape index (κ2) is 7.51. The average Bonchev–Trinajstić information content (AvgIpc) is 3.12. The Bertz CT molecular complexity index is 1070. The molecule has 0 bridgehead atoms. The van der Waals surface area contributed by atoms with Gasteiger partial charge in [0, 0.05) is 12.1 Å². The summed E-state index contributed by atoms with van der Waals surface area (Å²) < 4.78 is 30.6. The molecule has 1 aromatic heterocycles. The molecule has 0 aliphatic carbocycles. The van der Waals surface area contributed by atoms with Gasteiger partial charge in [-0.05, 0) is 38.5 Å². The topological polar surface area (TPSA) is 119 Å². The molecule has 3 rings (SSSR count). The Morgan fingerprint density at radius 1 is 1.21 bits per heavy atom. The summed E-state index contributed by atoms with van der Waals surface area (Å²) in [6.45, 7) is 5.78. The van der Waals surface area contributed by atoms with Gasteiger partial charge in [0.1, 0.15) is 11.6 Å². The monoisotopic (exact) mass is 420 g/mol. The van der Waals surface area contributed by atoms with Gasteiger partial charge in [0.05, 0.1) is 29.8 Å². The number of carbonyl (C=O) groups excluding carboxylic acids is 2. The normalized spacial score (nSPS) is 14.9. The van der Waals surface area contributed by atoms with Crippen molar-refractivity contribution in [1.82, 2.24) is 15.1 Å². The maximum absolute atomic E-state index is 12.5. The van der Waals surface area contributed by atoms with E-state index in [9.17, 15) is 18.0 Å². The van der Waals surface area contributed by atoms with Crippen LogP contribution in [0.3, 0.4) is 0 Å². The molecule has 0 saturated heterocycles. The van der Waals surface area contributed by atoms with Gasteiger partial charge in [-0.1, -0.05) is 12.1 Å². The summed E-state index contributed by atoms with van der Waals surface area (Å²) in [5.74, 6) is -1.20. The first-order chi connectivity index (χ1) is 13.5. The lowest BCUT2D eigenvalue weighted by molar-refractivity contribution is -0.136. The Balaban J connectivity index is 1.75. The molecule has 0 spiro atoms. The Hall–Kier alpha value is -2.88. The van der Waals surface area contributed by atoms with Gasteiger partial charge in [-0.25, -0.2) is 13.1 Å². The molecule has 2 heterocycles. The van der Waals surface area contributed by atoms with Crippen molar-refractivity contribution in [2.45, 2.75) is 44.4 Å². The van der Waals surface area contributed by atoms with Crippen molar-refractivity contribution in [2.24, 2.45) is 0 Å². The summed E-state index contributed by atoms with van der Waals surface area (Å²) in [6.07, 6.45) is 0. The van der Waals surface area contributed by atoms with Crippen molar-refractivity contribution in [3.05, 3.63) is 41.1 Å². The highest BCUT2D eigenvalue weighted by Gasteiger charge is 2.35. The molecule has 0 fully saturated rings. The van der Waals surface area contributed by atoms with Crippen molar-refractivity contribution in [2.75, 3.05) is 12.4 Å². The van der Waals surface area contributed by atoms with Crippen LogP contribution in [0.2, 0.25) is 0 Å². The summed E-state index contributed by atoms with van der Waals surface area (Å²) in [6, 6.07) is 7.12. The Labute approximate surface area is 169 Å². The van der Waals surface area contributed by atoms with Gasteiger partial charge in [-0.15, -0.1) is 0 Å². The second-order valence-electron chi connectivity index (χ2n) is 7.88. The fourth-order valence-corrected chi connectivity index (χ4v) is 4.56. The summed E-state index contributed by atoms with van der Waals surface area (Å²) in [5, 5.41) is 9.46. The Morgan fingerprint density at radius 3 is 2.59 bits per heavy atom. The molecule has 156 valence electrons. The van der Waals surface area contributed by atoms with Crippen LogP contribution >= 0.6 is 0 Å². The van der Waals surface area contributed by atoms with Crippen molar-refractivity contribution in [1.29, 1.82) is 0 Å². The van der Waals surface area contributed by atoms with Crippen molar-refractivity contribution < 1.29 is 22.7 Å². The number of anilines is 1. The third-order valence-corrected chi connectivity index (χ3v) is 5.89. The molecule has 1 aliphatic rings. The van der Waals surface area contributed by atoms with E-state index in [0.717, 1.165) is 5.56 Å². The number of hydrogen-bond acceptors (Lipinski definition) is 6. The lowest BCUT2D eigenvalue weighted by atomic mass is 10.1. The largest absolute Gasteiger partial charge is 0.497 e. The smallest absolute Gasteiger partial charge is 0.314 e. The molecule has 10 heteroatoms. The number of benzene rings is 1. The average molecular weight is 420 g/mol. The van der Waals surface area contributed by atoms with E-state index in [1.807, 2.05) is 20.8 Å². The lowest BCUT2D eigenvalue weighted by Gasteiger charge is -2.23. The molecule has 0 unspecified atom stereocenters. The van der Waals surface area contributed by atoms with E-state index in [1.165, 1.54) is 0 Å². The minimum atomic E-state index is -3.30. The van der Waals surface area contributed by atoms with E-state index in [1.54, 1.807) is 36.1 Å². The molecule has 2 aromatic rings. The van der Waals surface area contributed by atoms with Crippen LogP contribution < -0.4 is 15.4 Å². The Morgan fingerprint density at radius 2 is 1.93 bits per heavy atom. The number of fused-ring (bicyclic) bond motifs is 1. The number of hydrogen-bond donors (Lipinski definition) is 2. The van der Waals surface area contributed by atoms with E-state index in [4.69, 9.17) is 4.74 Å². The van der Waals surface area contributed by atoms with Crippen LogP contribution in [0.25, 0.3) is 0 Å². The van der Waals surface area contributed by atoms with E-state index >= 15 is 0 Å². The first-order valence-corrected chi connectivity index (χ1v) is 10.9. The molecule has 2 N–H and O–H groups in total. The maximum atomic E-state index is 12.5. The number of nitrogens with one attached hydrogen (secondary N) is 2. The molecular weight excluding hydrogens is 396 g/mol. The number of ether oxygens (including phenoxy) is 1. The number of nitrogens with zero attached hydrogens (tertiary/aromatic N) is 2. The highest BCUT2D eigenvalue weighted by atomic mass is 32.2. The zero-order valence-corrected chi connectivity index (χ0v) is 17.6. The minimum Gasteiger partial charge on any atom is -0.497 e. The van der Waals surface area contributed by atoms with E-state index in [0.29, 0.717) is 17.0 Å². The molecule has 0 atom stereocenters. The highest BCUT2D eigenvalue weighted by Crippen LogP contribution is 2.34. The van der Waals surface area contributed by atoms with Gasteiger partial charge in [0.25, 0.3) is 0 Å². The Kier molecular flexibility index (Phi) is 5.40. The number of carbonyl (C=O) groups is 2. The van der Waals surface area contributed by atoms with Crippen LogP contribution in [0.15, 0.2) is 24.3 Å². The van der Waals surface area contributed by atoms with Gasteiger partial charge in [-0.2, -0.15) is 5.10 Å². The number of rotatable bonds is 4. The molecule has 2 amide bonds. The van der Waals surface area contributed by atoms with Crippen LogP contribution in [-0.2, 0) is 43.0 Å². The SMILES string of the molecule is COc1cccc(CNC(=O)C(=O)Nc2c3c(nn2C(C)(C)C)CS(=O)(=O)C3)c1. The number of sulfone groups is 1. The molecule has 1 aromatic carbocycles. The van der Waals surface area contributed by atoms with Gasteiger partial charge in [-0.3, -0.25) is 9.59 Å². The minimum absolute atomic E-state index is 0.147. The number of aromatic nitrogens is 2. The van der Waals surface area contributed by atoms with Gasteiger partial charge < -0.3 is 15.4 Å².